The minimum atomic E-state index is -0.626. The number of primary amides is 1. The van der Waals surface area contributed by atoms with Gasteiger partial charge in [-0.15, -0.1) is 0 Å². The van der Waals surface area contributed by atoms with Crippen molar-refractivity contribution < 1.29 is 14.4 Å². The maximum absolute atomic E-state index is 11.2. The van der Waals surface area contributed by atoms with Crippen molar-refractivity contribution in [3.05, 3.63) is 0 Å². The van der Waals surface area contributed by atoms with Gasteiger partial charge in [0.25, 0.3) is 5.91 Å². The molecule has 1 heterocycles. The van der Waals surface area contributed by atoms with E-state index in [2.05, 4.69) is 15.8 Å². The summed E-state index contributed by atoms with van der Waals surface area (Å²) in [4.78, 5) is 32.2. The predicted molar refractivity (Wildman–Crippen MR) is 47.0 cm³/mol. The van der Waals surface area contributed by atoms with E-state index in [1.807, 2.05) is 0 Å². The highest BCUT2D eigenvalue weighted by atomic mass is 16.2. The monoisotopic (exact) mass is 198 g/mol. The number of carbonyl (C=O) groups excluding carboxylic acids is 3. The summed E-state index contributed by atoms with van der Waals surface area (Å²) in [5, 5.41) is 5.81. The lowest BCUT2D eigenvalue weighted by molar-refractivity contribution is -0.122. The molecule has 0 bridgehead atoms. The minimum absolute atomic E-state index is 0.200. The Morgan fingerprint density at radius 3 is 2.71 bits per heavy atom. The summed E-state index contributed by atoms with van der Waals surface area (Å²) < 4.78 is 0. The van der Waals surface area contributed by atoms with E-state index in [1.54, 1.807) is 0 Å². The van der Waals surface area contributed by atoms with Crippen molar-refractivity contribution in [1.82, 2.24) is 10.7 Å². The highest BCUT2D eigenvalue weighted by molar-refractivity contribution is 6.39. The van der Waals surface area contributed by atoms with E-state index >= 15 is 0 Å². The van der Waals surface area contributed by atoms with E-state index in [1.165, 1.54) is 0 Å². The Kier molecular flexibility index (Phi) is 3.16. The van der Waals surface area contributed by atoms with Gasteiger partial charge in [-0.25, -0.2) is 5.43 Å². The highest BCUT2D eigenvalue weighted by Crippen LogP contribution is 1.98. The van der Waals surface area contributed by atoms with Crippen LogP contribution in [0.2, 0.25) is 0 Å². The summed E-state index contributed by atoms with van der Waals surface area (Å²) >= 11 is 0. The van der Waals surface area contributed by atoms with Gasteiger partial charge in [0.05, 0.1) is 6.54 Å². The first-order chi connectivity index (χ1) is 6.59. The number of hydrazone groups is 1. The molecule has 1 rings (SSSR count). The molecule has 0 aromatic carbocycles. The molecule has 7 nitrogen and oxygen atoms in total. The molecule has 14 heavy (non-hydrogen) atoms. The van der Waals surface area contributed by atoms with Gasteiger partial charge in [-0.2, -0.15) is 5.10 Å². The van der Waals surface area contributed by atoms with Crippen molar-refractivity contribution in [3.63, 3.8) is 0 Å². The molecule has 7 heteroatoms. The van der Waals surface area contributed by atoms with Crippen molar-refractivity contribution in [2.24, 2.45) is 10.8 Å². The Balaban J connectivity index is 2.45. The number of nitrogens with one attached hydrogen (secondary N) is 2. The number of hydrogen-bond donors (Lipinski definition) is 3. The number of nitrogens with two attached hydrogens (primary N) is 1. The Hall–Kier alpha value is -1.92. The minimum Gasteiger partial charge on any atom is -0.368 e. The molecule has 76 valence electrons. The molecule has 4 N–H and O–H groups in total. The maximum atomic E-state index is 11.2. The fraction of sp³-hybridized carbons (Fsp3) is 0.429. The number of nitrogens with zero attached hydrogens (tertiary/aromatic N) is 1. The van der Waals surface area contributed by atoms with Crippen LogP contribution in [0.1, 0.15) is 12.8 Å². The van der Waals surface area contributed by atoms with Gasteiger partial charge in [0, 0.05) is 12.8 Å². The number of hydrogen-bond acceptors (Lipinski definition) is 4. The third-order valence-corrected chi connectivity index (χ3v) is 1.59. The molecule has 0 fully saturated rings. The van der Waals surface area contributed by atoms with Crippen LogP contribution in [-0.2, 0) is 14.4 Å². The van der Waals surface area contributed by atoms with Gasteiger partial charge < -0.3 is 11.1 Å². The summed E-state index contributed by atoms with van der Waals surface area (Å²) in [6.45, 7) is -0.230. The molecular formula is C7H10N4O3. The molecule has 0 aliphatic carbocycles. The molecule has 0 spiro atoms. The van der Waals surface area contributed by atoms with E-state index in [4.69, 9.17) is 5.73 Å². The molecule has 0 radical (unpaired) electrons. The maximum Gasteiger partial charge on any atom is 0.267 e. The van der Waals surface area contributed by atoms with Gasteiger partial charge in [0.2, 0.25) is 11.8 Å². The second-order valence-corrected chi connectivity index (χ2v) is 2.74. The molecule has 0 aromatic rings. The zero-order valence-electron chi connectivity index (χ0n) is 7.37. The lowest BCUT2D eigenvalue weighted by Gasteiger charge is -2.10. The van der Waals surface area contributed by atoms with Crippen LogP contribution in [0.15, 0.2) is 5.10 Å². The van der Waals surface area contributed by atoms with Crippen molar-refractivity contribution in [2.75, 3.05) is 6.54 Å². The largest absolute Gasteiger partial charge is 0.368 e. The fourth-order valence-corrected chi connectivity index (χ4v) is 0.907. The summed E-state index contributed by atoms with van der Waals surface area (Å²) in [6, 6.07) is 0. The lowest BCUT2D eigenvalue weighted by atomic mass is 10.1. The van der Waals surface area contributed by atoms with E-state index in [9.17, 15) is 14.4 Å². The fourth-order valence-electron chi connectivity index (χ4n) is 0.907. The molecule has 1 aliphatic rings. The van der Waals surface area contributed by atoms with Gasteiger partial charge >= 0.3 is 0 Å². The van der Waals surface area contributed by atoms with Crippen molar-refractivity contribution in [2.45, 2.75) is 12.8 Å². The van der Waals surface area contributed by atoms with Gasteiger partial charge in [0.1, 0.15) is 5.71 Å². The molecule has 0 unspecified atom stereocenters. The molecule has 0 saturated carbocycles. The van der Waals surface area contributed by atoms with Gasteiger partial charge in [0.15, 0.2) is 0 Å². The average Bonchev–Trinajstić information content (AvgIpc) is 2.15. The highest BCUT2D eigenvalue weighted by Gasteiger charge is 2.17. The van der Waals surface area contributed by atoms with Crippen molar-refractivity contribution in [3.8, 4) is 0 Å². The van der Waals surface area contributed by atoms with Gasteiger partial charge in [-0.3, -0.25) is 14.4 Å². The summed E-state index contributed by atoms with van der Waals surface area (Å²) in [5.41, 5.74) is 7.20. The van der Waals surface area contributed by atoms with Crippen LogP contribution >= 0.6 is 0 Å². The third kappa shape index (κ3) is 2.85. The second-order valence-electron chi connectivity index (χ2n) is 2.74. The van der Waals surface area contributed by atoms with E-state index in [-0.39, 0.29) is 31.0 Å². The Morgan fingerprint density at radius 1 is 1.50 bits per heavy atom. The van der Waals surface area contributed by atoms with Crippen LogP contribution in [0.5, 0.6) is 0 Å². The SMILES string of the molecule is NC(=O)CNC(=O)C1=NNC(=O)CC1. The molecular weight excluding hydrogens is 188 g/mol. The Morgan fingerprint density at radius 2 is 2.21 bits per heavy atom. The number of amides is 3. The van der Waals surface area contributed by atoms with Gasteiger partial charge in [-0.05, 0) is 0 Å². The van der Waals surface area contributed by atoms with Crippen LogP contribution in [0.3, 0.4) is 0 Å². The summed E-state index contributed by atoms with van der Waals surface area (Å²) in [6.07, 6.45) is 0.499. The van der Waals surface area contributed by atoms with E-state index in [0.29, 0.717) is 0 Å². The number of rotatable bonds is 3. The van der Waals surface area contributed by atoms with Crippen LogP contribution < -0.4 is 16.5 Å². The first kappa shape index (κ1) is 10.2. The first-order valence-electron chi connectivity index (χ1n) is 4.01. The Labute approximate surface area is 79.7 Å². The third-order valence-electron chi connectivity index (χ3n) is 1.59. The topological polar surface area (TPSA) is 114 Å². The van der Waals surface area contributed by atoms with Gasteiger partial charge in [-0.1, -0.05) is 0 Å². The van der Waals surface area contributed by atoms with Crippen LogP contribution in [0.4, 0.5) is 0 Å². The first-order valence-corrected chi connectivity index (χ1v) is 4.01. The zero-order valence-corrected chi connectivity index (χ0v) is 7.37. The molecule has 0 saturated heterocycles. The second kappa shape index (κ2) is 4.35. The van der Waals surface area contributed by atoms with Crippen molar-refractivity contribution >= 4 is 23.4 Å². The van der Waals surface area contributed by atoms with Crippen LogP contribution in [0, 0.1) is 0 Å². The Bertz CT molecular complexity index is 310. The lowest BCUT2D eigenvalue weighted by Crippen LogP contribution is -2.40. The zero-order chi connectivity index (χ0) is 10.6. The van der Waals surface area contributed by atoms with Crippen LogP contribution in [0.25, 0.3) is 0 Å². The van der Waals surface area contributed by atoms with E-state index in [0.717, 1.165) is 0 Å². The standard InChI is InChI=1S/C7H10N4O3/c8-5(12)3-9-7(14)4-1-2-6(13)11-10-4/h1-3H2,(H2,8,12)(H,9,14)(H,11,13). The molecule has 0 atom stereocenters. The summed E-state index contributed by atoms with van der Waals surface area (Å²) in [7, 11) is 0. The van der Waals surface area contributed by atoms with E-state index < -0.39 is 11.8 Å². The molecule has 0 aromatic heterocycles. The molecule has 3 amide bonds. The predicted octanol–water partition coefficient (Wildman–Crippen LogP) is -2.15. The number of carbonyl (C=O) groups is 3. The normalized spacial score (nSPS) is 15.4. The molecule has 1 aliphatic heterocycles. The quantitative estimate of drug-likeness (QED) is 0.480. The summed E-state index contributed by atoms with van der Waals surface area (Å²) in [5.74, 6) is -1.33. The van der Waals surface area contributed by atoms with Crippen molar-refractivity contribution in [1.29, 1.82) is 0 Å². The average molecular weight is 198 g/mol. The van der Waals surface area contributed by atoms with Crippen LogP contribution in [-0.4, -0.2) is 30.0 Å². The smallest absolute Gasteiger partial charge is 0.267 e.